The van der Waals surface area contributed by atoms with E-state index in [4.69, 9.17) is 0 Å². The first-order valence-electron chi connectivity index (χ1n) is 12.0. The van der Waals surface area contributed by atoms with Crippen LogP contribution in [0.15, 0.2) is 58.6 Å². The average molecular weight is 526 g/mol. The third-order valence-corrected chi connectivity index (χ3v) is 7.12. The van der Waals surface area contributed by atoms with Crippen molar-refractivity contribution < 1.29 is 22.4 Å². The molecule has 0 bridgehead atoms. The van der Waals surface area contributed by atoms with E-state index in [1.807, 2.05) is 26.8 Å². The summed E-state index contributed by atoms with van der Waals surface area (Å²) in [6.07, 6.45) is 2.47. The van der Waals surface area contributed by atoms with Crippen LogP contribution in [-0.4, -0.2) is 26.4 Å². The number of carbonyl (C=O) groups is 2. The Bertz CT molecular complexity index is 1380. The number of nitrogens with one attached hydrogen (secondary N) is 2. The summed E-state index contributed by atoms with van der Waals surface area (Å²) >= 11 is 0. The molecule has 0 saturated carbocycles. The molecule has 0 fully saturated rings. The number of amides is 1. The SMILES string of the molecule is CC(C)(C)CC(=O)NC(C1=C(Nc2cccc(CF)c2)CCCC1=O)c1ccc(C#N)cc1S(C)(=O)=O. The Hall–Kier alpha value is -3.51. The van der Waals surface area contributed by atoms with E-state index >= 15 is 0 Å². The van der Waals surface area contributed by atoms with Crippen LogP contribution in [0, 0.1) is 16.7 Å². The van der Waals surface area contributed by atoms with Gasteiger partial charge in [0.15, 0.2) is 15.6 Å². The normalized spacial score (nSPS) is 15.2. The largest absolute Gasteiger partial charge is 0.358 e. The summed E-state index contributed by atoms with van der Waals surface area (Å²) in [5.74, 6) is -0.564. The summed E-state index contributed by atoms with van der Waals surface area (Å²) in [5, 5.41) is 15.5. The summed E-state index contributed by atoms with van der Waals surface area (Å²) in [4.78, 5) is 26.4. The number of sulfone groups is 1. The average Bonchev–Trinajstić information content (AvgIpc) is 2.81. The van der Waals surface area contributed by atoms with Crippen molar-refractivity contribution in [3.63, 3.8) is 0 Å². The van der Waals surface area contributed by atoms with Gasteiger partial charge in [0.1, 0.15) is 6.67 Å². The van der Waals surface area contributed by atoms with Gasteiger partial charge in [-0.3, -0.25) is 9.59 Å². The number of halogens is 1. The molecule has 0 spiro atoms. The van der Waals surface area contributed by atoms with Crippen molar-refractivity contribution >= 4 is 27.2 Å². The number of nitrogens with zero attached hydrogens (tertiary/aromatic N) is 1. The number of ketones is 1. The van der Waals surface area contributed by atoms with Gasteiger partial charge in [-0.2, -0.15) is 5.26 Å². The smallest absolute Gasteiger partial charge is 0.221 e. The summed E-state index contributed by atoms with van der Waals surface area (Å²) < 4.78 is 38.8. The number of Topliss-reactive ketones (excluding diaryl/α,β-unsaturated/α-hetero) is 1. The molecule has 7 nitrogen and oxygen atoms in total. The van der Waals surface area contributed by atoms with Crippen molar-refractivity contribution in [2.45, 2.75) is 64.1 Å². The summed E-state index contributed by atoms with van der Waals surface area (Å²) in [7, 11) is -3.82. The van der Waals surface area contributed by atoms with E-state index in [0.717, 1.165) is 6.26 Å². The summed E-state index contributed by atoms with van der Waals surface area (Å²) in [6, 6.07) is 11.8. The van der Waals surface area contributed by atoms with Crippen LogP contribution < -0.4 is 10.6 Å². The van der Waals surface area contributed by atoms with Gasteiger partial charge in [-0.15, -0.1) is 0 Å². The third kappa shape index (κ3) is 7.26. The lowest BCUT2D eigenvalue weighted by atomic mass is 9.85. The van der Waals surface area contributed by atoms with E-state index in [-0.39, 0.29) is 51.5 Å². The molecule has 0 saturated heterocycles. The molecule has 1 aliphatic rings. The lowest BCUT2D eigenvalue weighted by Crippen LogP contribution is -2.36. The topological polar surface area (TPSA) is 116 Å². The van der Waals surface area contributed by atoms with Crippen molar-refractivity contribution in [2.24, 2.45) is 5.41 Å². The van der Waals surface area contributed by atoms with Crippen LogP contribution >= 0.6 is 0 Å². The predicted octanol–water partition coefficient (Wildman–Crippen LogP) is 5.14. The van der Waals surface area contributed by atoms with E-state index < -0.39 is 22.6 Å². The molecule has 0 radical (unpaired) electrons. The van der Waals surface area contributed by atoms with Crippen molar-refractivity contribution in [1.82, 2.24) is 5.32 Å². The molecule has 196 valence electrons. The Kier molecular flexibility index (Phi) is 8.54. The van der Waals surface area contributed by atoms with Gasteiger partial charge in [-0.1, -0.05) is 39.0 Å². The van der Waals surface area contributed by atoms with Gasteiger partial charge >= 0.3 is 0 Å². The number of hydrogen-bond donors (Lipinski definition) is 2. The fourth-order valence-corrected chi connectivity index (χ4v) is 5.35. The van der Waals surface area contributed by atoms with Crippen molar-refractivity contribution in [1.29, 1.82) is 5.26 Å². The Morgan fingerprint density at radius 3 is 2.51 bits per heavy atom. The molecule has 1 atom stereocenters. The zero-order valence-corrected chi connectivity index (χ0v) is 22.3. The van der Waals surface area contributed by atoms with E-state index in [1.54, 1.807) is 24.3 Å². The number of alkyl halides is 1. The Morgan fingerprint density at radius 1 is 1.16 bits per heavy atom. The number of carbonyl (C=O) groups excluding carboxylic acids is 2. The van der Waals surface area contributed by atoms with Gasteiger partial charge in [0.25, 0.3) is 0 Å². The zero-order valence-electron chi connectivity index (χ0n) is 21.5. The number of hydrogen-bond acceptors (Lipinski definition) is 6. The van der Waals surface area contributed by atoms with Crippen LogP contribution in [0.2, 0.25) is 0 Å². The highest BCUT2D eigenvalue weighted by Crippen LogP contribution is 2.36. The van der Waals surface area contributed by atoms with Crippen LogP contribution in [-0.2, 0) is 26.1 Å². The van der Waals surface area contributed by atoms with E-state index in [2.05, 4.69) is 10.6 Å². The molecule has 0 heterocycles. The minimum absolute atomic E-state index is 0.128. The number of nitriles is 1. The zero-order chi connectivity index (χ0) is 27.4. The van der Waals surface area contributed by atoms with Crippen LogP contribution in [0.5, 0.6) is 0 Å². The third-order valence-electron chi connectivity index (χ3n) is 5.97. The number of allylic oxidation sites excluding steroid dienone is 1. The summed E-state index contributed by atoms with van der Waals surface area (Å²) in [6.45, 7) is 5.07. The number of anilines is 1. The number of benzene rings is 2. The quantitative estimate of drug-likeness (QED) is 0.493. The van der Waals surface area contributed by atoms with Gasteiger partial charge in [0.05, 0.1) is 22.6 Å². The Labute approximate surface area is 217 Å². The lowest BCUT2D eigenvalue weighted by Gasteiger charge is -2.30. The maximum atomic E-state index is 13.4. The Morgan fingerprint density at radius 2 is 1.89 bits per heavy atom. The molecule has 9 heteroatoms. The maximum absolute atomic E-state index is 13.4. The molecule has 1 aliphatic carbocycles. The van der Waals surface area contributed by atoms with Gasteiger partial charge in [0, 0.05) is 36.1 Å². The highest BCUT2D eigenvalue weighted by Gasteiger charge is 2.34. The minimum atomic E-state index is -3.82. The monoisotopic (exact) mass is 525 g/mol. The van der Waals surface area contributed by atoms with Crippen LogP contribution in [0.4, 0.5) is 10.1 Å². The maximum Gasteiger partial charge on any atom is 0.221 e. The highest BCUT2D eigenvalue weighted by molar-refractivity contribution is 7.90. The predicted molar refractivity (Wildman–Crippen MR) is 140 cm³/mol. The lowest BCUT2D eigenvalue weighted by molar-refractivity contribution is -0.123. The van der Waals surface area contributed by atoms with Gasteiger partial charge in [-0.05, 0) is 53.6 Å². The molecule has 2 aromatic rings. The summed E-state index contributed by atoms with van der Waals surface area (Å²) in [5.41, 5.74) is 1.86. The van der Waals surface area contributed by atoms with Crippen LogP contribution in [0.1, 0.15) is 69.2 Å². The van der Waals surface area contributed by atoms with Crippen molar-refractivity contribution in [3.8, 4) is 6.07 Å². The molecule has 0 aliphatic heterocycles. The van der Waals surface area contributed by atoms with Crippen molar-refractivity contribution in [3.05, 3.63) is 70.4 Å². The molecule has 1 amide bonds. The number of rotatable bonds is 8. The molecular weight excluding hydrogens is 493 g/mol. The Balaban J connectivity index is 2.23. The van der Waals surface area contributed by atoms with E-state index in [0.29, 0.717) is 29.8 Å². The highest BCUT2D eigenvalue weighted by atomic mass is 32.2. The molecule has 1 unspecified atom stereocenters. The second-order valence-corrected chi connectivity index (χ2v) is 12.5. The van der Waals surface area contributed by atoms with Gasteiger partial charge in [0.2, 0.25) is 5.91 Å². The molecule has 2 aromatic carbocycles. The van der Waals surface area contributed by atoms with E-state index in [1.165, 1.54) is 18.2 Å². The molecule has 37 heavy (non-hydrogen) atoms. The van der Waals surface area contributed by atoms with E-state index in [9.17, 15) is 27.7 Å². The molecule has 3 rings (SSSR count). The fraction of sp³-hybridized carbons (Fsp3) is 0.393. The van der Waals surface area contributed by atoms with Gasteiger partial charge in [-0.25, -0.2) is 12.8 Å². The first-order chi connectivity index (χ1) is 17.3. The standard InChI is InChI=1S/C28H32FN3O4S/c1-28(2,3)15-25(34)32-27(21-12-11-19(17-30)14-24(21)37(4,35)36)26-22(9-6-10-23(26)33)31-20-8-5-7-18(13-20)16-29/h5,7-8,11-14,27,31H,6,9-10,15-16H2,1-4H3,(H,32,34). The first kappa shape index (κ1) is 28.1. The molecule has 2 N–H and O–H groups in total. The van der Waals surface area contributed by atoms with Crippen LogP contribution in [0.25, 0.3) is 0 Å². The molecular formula is C28H32FN3O4S. The van der Waals surface area contributed by atoms with Gasteiger partial charge < -0.3 is 10.6 Å². The fourth-order valence-electron chi connectivity index (χ4n) is 4.40. The second-order valence-electron chi connectivity index (χ2n) is 10.5. The first-order valence-corrected chi connectivity index (χ1v) is 13.9. The minimum Gasteiger partial charge on any atom is -0.358 e. The van der Waals surface area contributed by atoms with Crippen molar-refractivity contribution in [2.75, 3.05) is 11.6 Å². The molecule has 0 aromatic heterocycles. The second kappa shape index (κ2) is 11.3. The van der Waals surface area contributed by atoms with Crippen LogP contribution in [0.3, 0.4) is 0 Å².